The molecule has 3 aromatic heterocycles. The number of amides is 1. The van der Waals surface area contributed by atoms with Gasteiger partial charge in [-0.2, -0.15) is 4.98 Å². The van der Waals surface area contributed by atoms with E-state index in [1.54, 1.807) is 36.0 Å². The minimum Gasteiger partial charge on any atom is -0.338 e. The van der Waals surface area contributed by atoms with Crippen LogP contribution < -0.4 is 16.2 Å². The van der Waals surface area contributed by atoms with Crippen LogP contribution in [0.15, 0.2) is 29.3 Å². The second-order valence-electron chi connectivity index (χ2n) is 11.2. The SMILES string of the molecule is CC(=O)c1c(C)c2cnc(Nc3ccc(C(=O)N4CC(C5CCCCN5)C4)cn3)nc2n(C2CCCC2)c1=O. The summed E-state index contributed by atoms with van der Waals surface area (Å²) in [6.45, 7) is 5.86. The molecule has 3 aromatic rings. The molecule has 6 rings (SSSR count). The van der Waals surface area contributed by atoms with Crippen LogP contribution in [0.4, 0.5) is 11.8 Å². The lowest BCUT2D eigenvalue weighted by molar-refractivity contribution is 0.0392. The molecule has 39 heavy (non-hydrogen) atoms. The molecule has 0 radical (unpaired) electrons. The number of Topliss-reactive ketones (excluding diaryl/α,β-unsaturated/α-hetero) is 1. The molecule has 1 unspecified atom stereocenters. The Morgan fingerprint density at radius 1 is 1.03 bits per heavy atom. The lowest BCUT2D eigenvalue weighted by Crippen LogP contribution is -2.58. The Labute approximate surface area is 227 Å². The molecule has 2 N–H and O–H groups in total. The number of carbonyl (C=O) groups is 2. The van der Waals surface area contributed by atoms with Crippen molar-refractivity contribution in [1.29, 1.82) is 0 Å². The van der Waals surface area contributed by atoms with Crippen LogP contribution in [0, 0.1) is 12.8 Å². The highest BCUT2D eigenvalue weighted by Crippen LogP contribution is 2.32. The van der Waals surface area contributed by atoms with Crippen molar-refractivity contribution in [3.63, 3.8) is 0 Å². The molecule has 10 heteroatoms. The van der Waals surface area contributed by atoms with Crippen LogP contribution in [0.5, 0.6) is 0 Å². The minimum atomic E-state index is -0.280. The fourth-order valence-corrected chi connectivity index (χ4v) is 6.41. The van der Waals surface area contributed by atoms with Crippen molar-refractivity contribution in [2.45, 2.75) is 70.9 Å². The van der Waals surface area contributed by atoms with Crippen LogP contribution in [0.3, 0.4) is 0 Å². The van der Waals surface area contributed by atoms with Gasteiger partial charge in [0.1, 0.15) is 11.5 Å². The molecule has 0 aromatic carbocycles. The summed E-state index contributed by atoms with van der Waals surface area (Å²) in [5.74, 6) is 1.10. The quantitative estimate of drug-likeness (QED) is 0.463. The third kappa shape index (κ3) is 4.82. The predicted octanol–water partition coefficient (Wildman–Crippen LogP) is 3.77. The Hall–Kier alpha value is -3.66. The molecule has 0 bridgehead atoms. The van der Waals surface area contributed by atoms with E-state index < -0.39 is 0 Å². The average molecular weight is 530 g/mol. The Bertz CT molecular complexity index is 1460. The first-order valence-corrected chi connectivity index (χ1v) is 14.1. The molecular formula is C29H35N7O3. The van der Waals surface area contributed by atoms with Gasteiger partial charge in [0.05, 0.1) is 11.1 Å². The highest BCUT2D eigenvalue weighted by molar-refractivity contribution is 5.99. The number of aromatic nitrogens is 4. The highest BCUT2D eigenvalue weighted by Gasteiger charge is 2.36. The number of piperidine rings is 1. The van der Waals surface area contributed by atoms with Crippen LogP contribution >= 0.6 is 0 Å². The number of fused-ring (bicyclic) bond motifs is 1. The third-order valence-electron chi connectivity index (χ3n) is 8.62. The van der Waals surface area contributed by atoms with Gasteiger partial charge in [0.2, 0.25) is 5.95 Å². The zero-order valence-electron chi connectivity index (χ0n) is 22.6. The number of carbonyl (C=O) groups excluding carboxylic acids is 2. The predicted molar refractivity (Wildman–Crippen MR) is 149 cm³/mol. The standard InChI is InChI=1S/C29H35N7O3/c1-17-22-14-32-29(34-26(22)36(21-7-3-4-8-21)28(39)25(17)18(2)37)33-24-11-10-19(13-31-24)27(38)35-15-20(16-35)23-9-5-6-12-30-23/h10-11,13-14,20-21,23,30H,3-9,12,15-16H2,1-2H3,(H,31,32,33,34). The van der Waals surface area contributed by atoms with Gasteiger partial charge < -0.3 is 15.5 Å². The van der Waals surface area contributed by atoms with Crippen LogP contribution in [0.25, 0.3) is 11.0 Å². The van der Waals surface area contributed by atoms with Gasteiger partial charge in [-0.1, -0.05) is 19.3 Å². The molecule has 3 aliphatic rings. The second-order valence-corrected chi connectivity index (χ2v) is 11.2. The number of anilines is 2. The highest BCUT2D eigenvalue weighted by atomic mass is 16.2. The van der Waals surface area contributed by atoms with E-state index >= 15 is 0 Å². The molecule has 10 nitrogen and oxygen atoms in total. The zero-order chi connectivity index (χ0) is 27.1. The third-order valence-corrected chi connectivity index (χ3v) is 8.62. The second kappa shape index (κ2) is 10.5. The fraction of sp³-hybridized carbons (Fsp3) is 0.517. The maximum atomic E-state index is 13.4. The lowest BCUT2D eigenvalue weighted by atomic mass is 9.86. The van der Waals surface area contributed by atoms with E-state index in [9.17, 15) is 14.4 Å². The van der Waals surface area contributed by atoms with E-state index in [1.807, 2.05) is 4.90 Å². The normalized spacial score (nSPS) is 20.3. The van der Waals surface area contributed by atoms with Crippen LogP contribution in [0.2, 0.25) is 0 Å². The summed E-state index contributed by atoms with van der Waals surface area (Å²) in [5, 5.41) is 7.40. The van der Waals surface area contributed by atoms with E-state index in [4.69, 9.17) is 4.98 Å². The first-order chi connectivity index (χ1) is 18.9. The topological polar surface area (TPSA) is 122 Å². The summed E-state index contributed by atoms with van der Waals surface area (Å²) >= 11 is 0. The summed E-state index contributed by atoms with van der Waals surface area (Å²) in [5.41, 5.74) is 1.62. The van der Waals surface area contributed by atoms with Crippen LogP contribution in [0.1, 0.15) is 84.2 Å². The van der Waals surface area contributed by atoms with Gasteiger partial charge >= 0.3 is 0 Å². The van der Waals surface area contributed by atoms with Gasteiger partial charge in [-0.15, -0.1) is 0 Å². The van der Waals surface area contributed by atoms with Crippen molar-refractivity contribution in [2.24, 2.45) is 5.92 Å². The minimum absolute atomic E-state index is 0.000367. The molecule has 2 aliphatic heterocycles. The Morgan fingerprint density at radius 3 is 2.46 bits per heavy atom. The Balaban J connectivity index is 1.20. The van der Waals surface area contributed by atoms with E-state index in [0.29, 0.717) is 45.9 Å². The largest absolute Gasteiger partial charge is 0.338 e. The molecule has 5 heterocycles. The van der Waals surface area contributed by atoms with Gasteiger partial charge in [0.25, 0.3) is 11.5 Å². The fourth-order valence-electron chi connectivity index (χ4n) is 6.41. The molecule has 1 amide bonds. The summed E-state index contributed by atoms with van der Waals surface area (Å²) < 4.78 is 1.69. The van der Waals surface area contributed by atoms with Crippen molar-refractivity contribution >= 4 is 34.5 Å². The molecule has 1 aliphatic carbocycles. The van der Waals surface area contributed by atoms with Crippen molar-refractivity contribution in [1.82, 2.24) is 29.7 Å². The van der Waals surface area contributed by atoms with Crippen LogP contribution in [-0.4, -0.2) is 61.8 Å². The maximum absolute atomic E-state index is 13.4. The molecule has 3 fully saturated rings. The van der Waals surface area contributed by atoms with Crippen molar-refractivity contribution in [3.8, 4) is 0 Å². The number of nitrogens with zero attached hydrogens (tertiary/aromatic N) is 5. The lowest BCUT2D eigenvalue weighted by Gasteiger charge is -2.44. The van der Waals surface area contributed by atoms with Gasteiger partial charge in [-0.3, -0.25) is 19.0 Å². The number of hydrogen-bond donors (Lipinski definition) is 2. The number of nitrogens with one attached hydrogen (secondary N) is 2. The van der Waals surface area contributed by atoms with E-state index in [1.165, 1.54) is 26.2 Å². The van der Waals surface area contributed by atoms with Gasteiger partial charge in [0, 0.05) is 48.9 Å². The maximum Gasteiger partial charge on any atom is 0.263 e. The molecule has 2 saturated heterocycles. The number of likely N-dealkylation sites (tertiary alicyclic amines) is 1. The Kier molecular flexibility index (Phi) is 6.88. The number of aryl methyl sites for hydroxylation is 1. The van der Waals surface area contributed by atoms with Crippen molar-refractivity contribution in [2.75, 3.05) is 25.0 Å². The van der Waals surface area contributed by atoms with Gasteiger partial charge in [0.15, 0.2) is 5.78 Å². The molecule has 1 atom stereocenters. The Morgan fingerprint density at radius 2 is 1.79 bits per heavy atom. The summed E-state index contributed by atoms with van der Waals surface area (Å²) in [7, 11) is 0. The van der Waals surface area contributed by atoms with Crippen molar-refractivity contribution < 1.29 is 9.59 Å². The first kappa shape index (κ1) is 25.6. The van der Waals surface area contributed by atoms with E-state index in [2.05, 4.69) is 20.6 Å². The number of rotatable bonds is 6. The monoisotopic (exact) mass is 529 g/mol. The van der Waals surface area contributed by atoms with E-state index in [-0.39, 0.29) is 28.9 Å². The molecule has 204 valence electrons. The molecule has 0 spiro atoms. The van der Waals surface area contributed by atoms with Gasteiger partial charge in [-0.05, 0) is 63.8 Å². The van der Waals surface area contributed by atoms with Crippen molar-refractivity contribution in [3.05, 3.63) is 51.6 Å². The number of pyridine rings is 2. The number of hydrogen-bond acceptors (Lipinski definition) is 8. The molecular weight excluding hydrogens is 494 g/mol. The zero-order valence-corrected chi connectivity index (χ0v) is 22.6. The number of ketones is 1. The molecule has 1 saturated carbocycles. The average Bonchev–Trinajstić information content (AvgIpc) is 3.43. The summed E-state index contributed by atoms with van der Waals surface area (Å²) in [4.78, 5) is 54.2. The summed E-state index contributed by atoms with van der Waals surface area (Å²) in [6, 6.07) is 4.05. The smallest absolute Gasteiger partial charge is 0.263 e. The first-order valence-electron chi connectivity index (χ1n) is 14.1. The summed E-state index contributed by atoms with van der Waals surface area (Å²) in [6.07, 6.45) is 10.8. The van der Waals surface area contributed by atoms with E-state index in [0.717, 1.165) is 45.3 Å². The van der Waals surface area contributed by atoms with Crippen LogP contribution in [-0.2, 0) is 0 Å². The van der Waals surface area contributed by atoms with Gasteiger partial charge in [-0.25, -0.2) is 9.97 Å².